The molecule has 0 spiro atoms. The minimum atomic E-state index is -0.476. The molecule has 1 heterocycles. The molecule has 1 atom stereocenters. The van der Waals surface area contributed by atoms with Gasteiger partial charge in [0.25, 0.3) is 0 Å². The van der Waals surface area contributed by atoms with Crippen molar-refractivity contribution in [1.82, 2.24) is 15.0 Å². The number of aliphatic hydroxyl groups is 1. The van der Waals surface area contributed by atoms with Gasteiger partial charge in [-0.3, -0.25) is 0 Å². The van der Waals surface area contributed by atoms with Gasteiger partial charge in [0.15, 0.2) is 0 Å². The first kappa shape index (κ1) is 13.9. The van der Waals surface area contributed by atoms with Gasteiger partial charge in [0.2, 0.25) is 11.2 Å². The Morgan fingerprint density at radius 2 is 2.12 bits per heavy atom. The summed E-state index contributed by atoms with van der Waals surface area (Å²) in [6.07, 6.45) is 0.387. The summed E-state index contributed by atoms with van der Waals surface area (Å²) in [7, 11) is 1.77. The largest absolute Gasteiger partial charge is 0.463 e. The van der Waals surface area contributed by atoms with Crippen molar-refractivity contribution in [2.45, 2.75) is 26.4 Å². The fourth-order valence-corrected chi connectivity index (χ4v) is 1.38. The molecule has 1 aromatic rings. The van der Waals surface area contributed by atoms with Crippen molar-refractivity contribution in [3.8, 4) is 6.01 Å². The number of aromatic nitrogens is 3. The summed E-state index contributed by atoms with van der Waals surface area (Å²) in [5.74, 6) is 0.386. The first-order valence-corrected chi connectivity index (χ1v) is 5.84. The van der Waals surface area contributed by atoms with E-state index in [2.05, 4.69) is 15.0 Å². The van der Waals surface area contributed by atoms with Gasteiger partial charge in [-0.1, -0.05) is 6.92 Å². The predicted molar refractivity (Wildman–Crippen MR) is 65.6 cm³/mol. The van der Waals surface area contributed by atoms with Gasteiger partial charge in [0.1, 0.15) is 0 Å². The molecule has 1 N–H and O–H groups in total. The second-order valence-corrected chi connectivity index (χ2v) is 4.10. The van der Waals surface area contributed by atoms with Crippen molar-refractivity contribution in [2.24, 2.45) is 0 Å². The lowest BCUT2D eigenvalue weighted by molar-refractivity contribution is 0.201. The highest BCUT2D eigenvalue weighted by atomic mass is 35.5. The maximum Gasteiger partial charge on any atom is 0.322 e. The normalized spacial score (nSPS) is 12.3. The Labute approximate surface area is 106 Å². The summed E-state index contributed by atoms with van der Waals surface area (Å²) >= 11 is 5.78. The maximum atomic E-state index is 9.29. The third kappa shape index (κ3) is 4.70. The van der Waals surface area contributed by atoms with E-state index in [1.54, 1.807) is 18.9 Å². The molecule has 0 aliphatic heterocycles. The molecule has 0 aliphatic rings. The molecule has 6 nitrogen and oxygen atoms in total. The second kappa shape index (κ2) is 6.56. The molecule has 1 aromatic heterocycles. The molecule has 0 aliphatic carbocycles. The van der Waals surface area contributed by atoms with E-state index in [0.717, 1.165) is 6.42 Å². The quantitative estimate of drug-likeness (QED) is 0.827. The minimum Gasteiger partial charge on any atom is -0.463 e. The van der Waals surface area contributed by atoms with Crippen LogP contribution in [0.1, 0.15) is 20.3 Å². The van der Waals surface area contributed by atoms with E-state index < -0.39 is 6.10 Å². The van der Waals surface area contributed by atoms with Crippen LogP contribution in [0.5, 0.6) is 6.01 Å². The van der Waals surface area contributed by atoms with Crippen LogP contribution < -0.4 is 9.64 Å². The number of hydrogen-bond acceptors (Lipinski definition) is 6. The van der Waals surface area contributed by atoms with Crippen LogP contribution in [0.3, 0.4) is 0 Å². The maximum absolute atomic E-state index is 9.29. The zero-order valence-corrected chi connectivity index (χ0v) is 11.0. The van der Waals surface area contributed by atoms with Crippen molar-refractivity contribution in [3.63, 3.8) is 0 Å². The average molecular weight is 261 g/mol. The second-order valence-electron chi connectivity index (χ2n) is 3.77. The molecule has 0 aromatic carbocycles. The van der Waals surface area contributed by atoms with E-state index in [-0.39, 0.29) is 11.3 Å². The van der Waals surface area contributed by atoms with E-state index in [0.29, 0.717) is 19.1 Å². The summed E-state index contributed by atoms with van der Waals surface area (Å²) in [5.41, 5.74) is 0. The number of hydrogen-bond donors (Lipinski definition) is 1. The molecular weight excluding hydrogens is 244 g/mol. The van der Waals surface area contributed by atoms with Gasteiger partial charge in [0.05, 0.1) is 12.7 Å². The van der Waals surface area contributed by atoms with E-state index >= 15 is 0 Å². The number of anilines is 1. The van der Waals surface area contributed by atoms with Gasteiger partial charge in [0, 0.05) is 13.6 Å². The van der Waals surface area contributed by atoms with E-state index in [4.69, 9.17) is 16.3 Å². The Hall–Kier alpha value is -1.14. The molecule has 96 valence electrons. The fourth-order valence-electron chi connectivity index (χ4n) is 1.23. The number of ether oxygens (including phenoxy) is 1. The Kier molecular flexibility index (Phi) is 5.37. The SMILES string of the molecule is CCCOc1nc(Cl)nc(N(C)CC(C)O)n1. The van der Waals surface area contributed by atoms with E-state index in [1.807, 2.05) is 6.92 Å². The molecule has 0 fully saturated rings. The van der Waals surface area contributed by atoms with Crippen LogP contribution in [0.4, 0.5) is 5.95 Å². The Morgan fingerprint density at radius 1 is 1.41 bits per heavy atom. The average Bonchev–Trinajstić information content (AvgIpc) is 2.24. The smallest absolute Gasteiger partial charge is 0.322 e. The molecule has 1 rings (SSSR count). The number of aliphatic hydroxyl groups excluding tert-OH is 1. The monoisotopic (exact) mass is 260 g/mol. The van der Waals surface area contributed by atoms with Crippen LogP contribution in [0, 0.1) is 0 Å². The Bertz CT molecular complexity index is 362. The highest BCUT2D eigenvalue weighted by Crippen LogP contribution is 2.14. The first-order valence-electron chi connectivity index (χ1n) is 5.46. The summed E-state index contributed by atoms with van der Waals surface area (Å²) in [6.45, 7) is 4.62. The van der Waals surface area contributed by atoms with Crippen molar-refractivity contribution in [2.75, 3.05) is 25.1 Å². The van der Waals surface area contributed by atoms with Crippen LogP contribution >= 0.6 is 11.6 Å². The highest BCUT2D eigenvalue weighted by molar-refractivity contribution is 6.28. The molecule has 7 heteroatoms. The molecule has 0 radical (unpaired) electrons. The Morgan fingerprint density at radius 3 is 2.71 bits per heavy atom. The minimum absolute atomic E-state index is 0.0820. The molecule has 0 bridgehead atoms. The molecule has 17 heavy (non-hydrogen) atoms. The summed E-state index contributed by atoms with van der Waals surface area (Å²) in [6, 6.07) is 0.208. The lowest BCUT2D eigenvalue weighted by Gasteiger charge is -2.18. The lowest BCUT2D eigenvalue weighted by Crippen LogP contribution is -2.28. The number of halogens is 1. The predicted octanol–water partition coefficient (Wildman–Crippen LogP) is 1.13. The van der Waals surface area contributed by atoms with E-state index in [1.165, 1.54) is 0 Å². The first-order chi connectivity index (χ1) is 8.02. The summed E-state index contributed by atoms with van der Waals surface area (Å²) < 4.78 is 5.30. The zero-order valence-electron chi connectivity index (χ0n) is 10.2. The van der Waals surface area contributed by atoms with Crippen LogP contribution in [0.2, 0.25) is 5.28 Å². The van der Waals surface area contributed by atoms with Crippen molar-refractivity contribution in [3.05, 3.63) is 5.28 Å². The van der Waals surface area contributed by atoms with Crippen LogP contribution in [0.15, 0.2) is 0 Å². The molecule has 0 amide bonds. The van der Waals surface area contributed by atoms with Gasteiger partial charge in [-0.25, -0.2) is 0 Å². The molecular formula is C10H17ClN4O2. The van der Waals surface area contributed by atoms with Crippen LogP contribution in [-0.4, -0.2) is 46.4 Å². The summed E-state index contributed by atoms with van der Waals surface area (Å²) in [4.78, 5) is 13.6. The summed E-state index contributed by atoms with van der Waals surface area (Å²) in [5, 5.41) is 9.37. The standard InChI is InChI=1S/C10H17ClN4O2/c1-4-5-17-10-13-8(11)12-9(14-10)15(3)6-7(2)16/h7,16H,4-6H2,1-3H3. The lowest BCUT2D eigenvalue weighted by atomic mass is 10.4. The zero-order chi connectivity index (χ0) is 12.8. The van der Waals surface area contributed by atoms with Gasteiger partial charge in [-0.2, -0.15) is 15.0 Å². The van der Waals surface area contributed by atoms with Crippen molar-refractivity contribution >= 4 is 17.5 Å². The topological polar surface area (TPSA) is 71.4 Å². The fraction of sp³-hybridized carbons (Fsp3) is 0.700. The number of nitrogens with zero attached hydrogens (tertiary/aromatic N) is 4. The molecule has 0 saturated carbocycles. The number of rotatable bonds is 6. The van der Waals surface area contributed by atoms with Gasteiger partial charge in [-0.15, -0.1) is 0 Å². The number of likely N-dealkylation sites (N-methyl/N-ethyl adjacent to an activating group) is 1. The van der Waals surface area contributed by atoms with Crippen LogP contribution in [0.25, 0.3) is 0 Å². The molecule has 1 unspecified atom stereocenters. The van der Waals surface area contributed by atoms with Gasteiger partial charge in [-0.05, 0) is 24.9 Å². The van der Waals surface area contributed by atoms with Gasteiger partial charge < -0.3 is 14.7 Å². The highest BCUT2D eigenvalue weighted by Gasteiger charge is 2.11. The third-order valence-corrected chi connectivity index (χ3v) is 2.06. The van der Waals surface area contributed by atoms with Crippen molar-refractivity contribution < 1.29 is 9.84 Å². The third-order valence-electron chi connectivity index (χ3n) is 1.89. The van der Waals surface area contributed by atoms with Crippen molar-refractivity contribution in [1.29, 1.82) is 0 Å². The van der Waals surface area contributed by atoms with Crippen LogP contribution in [-0.2, 0) is 0 Å². The van der Waals surface area contributed by atoms with E-state index in [9.17, 15) is 5.11 Å². The molecule has 0 saturated heterocycles. The Balaban J connectivity index is 2.80. The van der Waals surface area contributed by atoms with Gasteiger partial charge >= 0.3 is 6.01 Å².